The van der Waals surface area contributed by atoms with E-state index in [1.54, 1.807) is 0 Å². The van der Waals surface area contributed by atoms with E-state index in [1.165, 1.54) is 76.1 Å². The first-order chi connectivity index (χ1) is 51.0. The largest absolute Gasteiger partial charge is 0.458 e. The zero-order chi connectivity index (χ0) is 68.0. The summed E-state index contributed by atoms with van der Waals surface area (Å²) in [5.74, 6) is 3.49. The predicted molar refractivity (Wildman–Crippen MR) is 429 cm³/mol. The number of hydrogen-bond donors (Lipinski definition) is 0. The fraction of sp³-hybridized carbons (Fsp3) is 0.0526. The minimum atomic E-state index is -0.731. The molecular weight excluding hydrogens is 1270 g/mol. The van der Waals surface area contributed by atoms with Crippen molar-refractivity contribution in [3.05, 3.63) is 367 Å². The van der Waals surface area contributed by atoms with Crippen LogP contribution in [0, 0.1) is 0 Å². The van der Waals surface area contributed by atoms with Crippen molar-refractivity contribution >= 4 is 109 Å². The van der Waals surface area contributed by atoms with Gasteiger partial charge in [-0.2, -0.15) is 0 Å². The van der Waals surface area contributed by atoms with Gasteiger partial charge in [0.2, 0.25) is 0 Å². The highest BCUT2D eigenvalue weighted by Crippen LogP contribution is 2.65. The number of benzene rings is 15. The Balaban J connectivity index is 0.864. The van der Waals surface area contributed by atoms with Crippen LogP contribution in [0.5, 0.6) is 23.0 Å². The summed E-state index contributed by atoms with van der Waals surface area (Å²) < 4.78 is 14.9. The van der Waals surface area contributed by atoms with Crippen LogP contribution in [0.15, 0.2) is 343 Å². The molecule has 1 spiro atoms. The van der Waals surface area contributed by atoms with E-state index < -0.39 is 5.41 Å². The lowest BCUT2D eigenvalue weighted by Gasteiger charge is -2.51. The number of hydrogen-bond acceptors (Lipinski definition) is 6. The highest BCUT2D eigenvalue weighted by molar-refractivity contribution is 8.00. The van der Waals surface area contributed by atoms with Crippen LogP contribution in [-0.4, -0.2) is 13.4 Å². The third-order valence-electron chi connectivity index (χ3n) is 22.5. The topological polar surface area (TPSA) is 28.2 Å². The van der Waals surface area contributed by atoms with Gasteiger partial charge in [0.15, 0.2) is 0 Å². The number of ether oxygens (including phenoxy) is 2. The van der Waals surface area contributed by atoms with Crippen LogP contribution in [0.25, 0.3) is 44.5 Å². The van der Waals surface area contributed by atoms with Crippen LogP contribution in [0.2, 0.25) is 0 Å². The molecule has 0 saturated heterocycles. The fourth-order valence-electron chi connectivity index (χ4n) is 18.3. The molecule has 0 aromatic heterocycles. The molecule has 0 radical (unpaired) electrons. The Bertz CT molecular complexity index is 5820. The first-order valence-corrected chi connectivity index (χ1v) is 36.9. The van der Waals surface area contributed by atoms with E-state index in [0.717, 1.165) is 131 Å². The maximum Gasteiger partial charge on any atom is 0.256 e. The van der Waals surface area contributed by atoms with Gasteiger partial charge in [0.25, 0.3) is 13.4 Å². The summed E-state index contributed by atoms with van der Waals surface area (Å²) in [5, 5.41) is 0. The summed E-state index contributed by atoms with van der Waals surface area (Å²) in [7, 11) is 0. The van der Waals surface area contributed by atoms with Gasteiger partial charge in [0, 0.05) is 44.0 Å². The molecule has 103 heavy (non-hydrogen) atoms. The fourth-order valence-corrected chi connectivity index (χ4v) is 19.5. The van der Waals surface area contributed by atoms with E-state index in [1.807, 2.05) is 11.8 Å². The second-order valence-corrected chi connectivity index (χ2v) is 28.9. The molecule has 15 aromatic rings. The Morgan fingerprint density at radius 3 is 1.29 bits per heavy atom. The Labute approximate surface area is 605 Å². The van der Waals surface area contributed by atoms with E-state index in [2.05, 4.69) is 362 Å². The minimum Gasteiger partial charge on any atom is -0.458 e. The van der Waals surface area contributed by atoms with Gasteiger partial charge < -0.3 is 24.2 Å². The van der Waals surface area contributed by atoms with Crippen molar-refractivity contribution in [1.82, 2.24) is 0 Å². The number of aryl methyl sites for hydroxylation is 2. The Morgan fingerprint density at radius 1 is 0.301 bits per heavy atom. The molecule has 15 aromatic carbocycles. The average molecular weight is 1330 g/mol. The third kappa shape index (κ3) is 8.84. The molecule has 0 N–H and O–H groups in total. The lowest BCUT2D eigenvalue weighted by molar-refractivity contribution is 0.486. The van der Waals surface area contributed by atoms with Gasteiger partial charge in [-0.05, 0) is 192 Å². The molecule has 5 nitrogen and oxygen atoms in total. The summed E-state index contributed by atoms with van der Waals surface area (Å²) in [6, 6.07) is 125. The van der Waals surface area contributed by atoms with E-state index in [-0.39, 0.29) is 13.4 Å². The van der Waals surface area contributed by atoms with E-state index in [0.29, 0.717) is 0 Å². The second-order valence-electron chi connectivity index (χ2n) is 27.8. The lowest BCUT2D eigenvalue weighted by Crippen LogP contribution is -2.63. The molecule has 0 unspecified atom stereocenters. The molecule has 0 amide bonds. The maximum absolute atomic E-state index is 7.67. The molecule has 6 aliphatic heterocycles. The molecule has 6 heterocycles. The minimum absolute atomic E-state index is 0.110. The van der Waals surface area contributed by atoms with Crippen LogP contribution < -0.4 is 57.0 Å². The van der Waals surface area contributed by atoms with Gasteiger partial charge in [-0.15, -0.1) is 0 Å². The van der Waals surface area contributed by atoms with Crippen LogP contribution in [0.1, 0.15) is 47.2 Å². The molecule has 21 rings (SSSR count). The number of nitrogens with zero attached hydrogens (tertiary/aromatic N) is 3. The standard InChI is InChI=1S/C95H65B2N3O2S/c1-3-60-36-29-37-61(4-2)91(60)66-54-87-93-90(55-66)103-89-59-83-77(58-78(89)97(93)76-45-22-28-51-86(76)101-87)96-75-44-21-27-50-85(75)102-88-57-68(56-84(92(88)96)100(83)94-69(63-32-11-6-12-33-63)52-65(62-30-9-5-10-31-62)53-70(94)64-34-13-7-14-35-64)99-81-48-25-19-42-73(81)95(74-43-20-26-49-82(74)99)71-40-17-23-46-79(71)98(67-38-15-8-16-39-67)80-47-24-18-41-72(80)95/h5-59H,3-4H2,1-2H3. The SMILES string of the molecule is CCc1cccc(CC)c1-c1cc2c3c(c1)Sc1cc4c(cc1B3c1ccccc1O2)B1c2ccccc2Oc2cc(N3c5ccccc5C5(c6ccccc6N(c6ccccc6)c6ccccc65)c5ccccc53)cc(c21)N4c1c(-c2ccccc2)cc(-c2ccccc2)cc1-c1ccccc1. The highest BCUT2D eigenvalue weighted by atomic mass is 32.2. The molecule has 0 saturated carbocycles. The van der Waals surface area contributed by atoms with E-state index >= 15 is 0 Å². The van der Waals surface area contributed by atoms with Crippen molar-refractivity contribution in [2.24, 2.45) is 0 Å². The quantitative estimate of drug-likeness (QED) is 0.134. The Morgan fingerprint density at radius 2 is 0.757 bits per heavy atom. The molecule has 0 fully saturated rings. The Kier molecular flexibility index (Phi) is 13.6. The lowest BCUT2D eigenvalue weighted by atomic mass is 9.31. The number of rotatable bonds is 9. The summed E-state index contributed by atoms with van der Waals surface area (Å²) in [4.78, 5) is 10.1. The van der Waals surface area contributed by atoms with Crippen molar-refractivity contribution < 1.29 is 9.47 Å². The van der Waals surface area contributed by atoms with Crippen LogP contribution >= 0.6 is 11.8 Å². The monoisotopic (exact) mass is 1330 g/mol. The summed E-state index contributed by atoms with van der Waals surface area (Å²) >= 11 is 1.89. The van der Waals surface area contributed by atoms with Crippen LogP contribution in [-0.2, 0) is 18.3 Å². The maximum atomic E-state index is 7.67. The highest BCUT2D eigenvalue weighted by Gasteiger charge is 2.53. The zero-order valence-electron chi connectivity index (χ0n) is 56.9. The van der Waals surface area contributed by atoms with Gasteiger partial charge in [-0.1, -0.05) is 274 Å². The normalized spacial score (nSPS) is 13.9. The first kappa shape index (κ1) is 59.6. The van der Waals surface area contributed by atoms with Crippen molar-refractivity contribution in [3.63, 3.8) is 0 Å². The number of anilines is 9. The molecular formula is C95H65B2N3O2S. The molecule has 0 bridgehead atoms. The van der Waals surface area contributed by atoms with E-state index in [9.17, 15) is 0 Å². The number of fused-ring (bicyclic) bond motifs is 16. The van der Waals surface area contributed by atoms with Crippen molar-refractivity contribution in [3.8, 4) is 67.5 Å². The van der Waals surface area contributed by atoms with Crippen molar-refractivity contribution in [2.45, 2.75) is 41.9 Å². The van der Waals surface area contributed by atoms with Crippen LogP contribution in [0.3, 0.4) is 0 Å². The van der Waals surface area contributed by atoms with Gasteiger partial charge in [-0.3, -0.25) is 0 Å². The summed E-state index contributed by atoms with van der Waals surface area (Å²) in [5.41, 5.74) is 33.0. The van der Waals surface area contributed by atoms with Gasteiger partial charge in [0.05, 0.1) is 39.5 Å². The van der Waals surface area contributed by atoms with Crippen molar-refractivity contribution in [2.75, 3.05) is 14.7 Å². The van der Waals surface area contributed by atoms with Crippen LogP contribution in [0.4, 0.5) is 51.2 Å². The predicted octanol–water partition coefficient (Wildman–Crippen LogP) is 20.9. The molecule has 8 heteroatoms. The molecule has 0 aliphatic carbocycles. The average Bonchev–Trinajstić information content (AvgIpc) is 0.673. The van der Waals surface area contributed by atoms with Gasteiger partial charge in [-0.25, -0.2) is 0 Å². The number of para-hydroxylation sites is 7. The molecule has 0 atom stereocenters. The summed E-state index contributed by atoms with van der Waals surface area (Å²) in [6.07, 6.45) is 1.86. The third-order valence-corrected chi connectivity index (χ3v) is 23.7. The van der Waals surface area contributed by atoms with E-state index in [4.69, 9.17) is 9.47 Å². The van der Waals surface area contributed by atoms with Gasteiger partial charge in [0.1, 0.15) is 23.0 Å². The molecule has 484 valence electrons. The second kappa shape index (κ2) is 23.4. The Hall–Kier alpha value is -12.2. The smallest absolute Gasteiger partial charge is 0.256 e. The van der Waals surface area contributed by atoms with Gasteiger partial charge >= 0.3 is 0 Å². The summed E-state index contributed by atoms with van der Waals surface area (Å²) in [6.45, 7) is 4.21. The first-order valence-electron chi connectivity index (χ1n) is 36.1. The molecule has 6 aliphatic rings. The zero-order valence-corrected chi connectivity index (χ0v) is 57.7. The van der Waals surface area contributed by atoms with Crippen molar-refractivity contribution in [1.29, 1.82) is 0 Å².